The highest BCUT2D eigenvalue weighted by molar-refractivity contribution is 7.85. The Balaban J connectivity index is 3.14. The van der Waals surface area contributed by atoms with Gasteiger partial charge in [0.25, 0.3) is 0 Å². The molecular weight excluding hydrogens is 256 g/mol. The minimum absolute atomic E-state index is 0.0152. The maximum absolute atomic E-state index is 13.2. The van der Waals surface area contributed by atoms with E-state index >= 15 is 0 Å². The van der Waals surface area contributed by atoms with E-state index in [4.69, 9.17) is 0 Å². The fourth-order valence-corrected chi connectivity index (χ4v) is 2.43. The highest BCUT2D eigenvalue weighted by Crippen LogP contribution is 2.24. The average Bonchev–Trinajstić information content (AvgIpc) is 2.14. The SMILES string of the molecule is C=Cc1cc(S(=O)CC(F)(F)F)c(C)cc1F. The standard InChI is InChI=1S/C11H10F4OS/c1-3-8-5-10(7(2)4-9(8)12)17(16)6-11(13,14)15/h3-5H,1,6H2,2H3. The summed E-state index contributed by atoms with van der Waals surface area (Å²) in [6.07, 6.45) is -3.34. The molecule has 0 spiro atoms. The van der Waals surface area contributed by atoms with Gasteiger partial charge in [0.15, 0.2) is 0 Å². The minimum atomic E-state index is -4.51. The van der Waals surface area contributed by atoms with Gasteiger partial charge in [0.1, 0.15) is 11.6 Å². The van der Waals surface area contributed by atoms with Gasteiger partial charge < -0.3 is 0 Å². The van der Waals surface area contributed by atoms with Crippen molar-refractivity contribution in [2.75, 3.05) is 5.75 Å². The number of hydrogen-bond donors (Lipinski definition) is 0. The van der Waals surface area contributed by atoms with E-state index in [1.165, 1.54) is 13.0 Å². The Bertz CT molecular complexity index is 465. The van der Waals surface area contributed by atoms with Crippen LogP contribution in [0.15, 0.2) is 23.6 Å². The molecule has 94 valence electrons. The number of benzene rings is 1. The van der Waals surface area contributed by atoms with Gasteiger partial charge in [0.05, 0.1) is 10.8 Å². The van der Waals surface area contributed by atoms with Gasteiger partial charge >= 0.3 is 6.18 Å². The van der Waals surface area contributed by atoms with Crippen LogP contribution in [0.5, 0.6) is 0 Å². The van der Waals surface area contributed by atoms with E-state index in [1.54, 1.807) is 0 Å². The average molecular weight is 266 g/mol. The van der Waals surface area contributed by atoms with Crippen molar-refractivity contribution in [1.29, 1.82) is 0 Å². The van der Waals surface area contributed by atoms with E-state index in [-0.39, 0.29) is 16.0 Å². The van der Waals surface area contributed by atoms with Gasteiger partial charge in [-0.3, -0.25) is 4.21 Å². The van der Waals surface area contributed by atoms with Crippen LogP contribution in [0.3, 0.4) is 0 Å². The highest BCUT2D eigenvalue weighted by Gasteiger charge is 2.31. The van der Waals surface area contributed by atoms with Crippen molar-refractivity contribution in [1.82, 2.24) is 0 Å². The molecule has 0 heterocycles. The molecule has 1 aromatic carbocycles. The molecule has 0 fully saturated rings. The minimum Gasteiger partial charge on any atom is -0.254 e. The van der Waals surface area contributed by atoms with Gasteiger partial charge in [-0.25, -0.2) is 4.39 Å². The number of aryl methyl sites for hydroxylation is 1. The number of alkyl halides is 3. The van der Waals surface area contributed by atoms with Crippen LogP contribution in [-0.4, -0.2) is 16.1 Å². The van der Waals surface area contributed by atoms with Crippen molar-refractivity contribution in [3.05, 3.63) is 35.7 Å². The lowest BCUT2D eigenvalue weighted by Gasteiger charge is -2.10. The Morgan fingerprint density at radius 3 is 2.47 bits per heavy atom. The molecule has 1 aromatic rings. The summed E-state index contributed by atoms with van der Waals surface area (Å²) in [5.74, 6) is -2.03. The largest absolute Gasteiger partial charge is 0.400 e. The Morgan fingerprint density at radius 2 is 2.00 bits per heavy atom. The summed E-state index contributed by atoms with van der Waals surface area (Å²) >= 11 is 0. The van der Waals surface area contributed by atoms with Crippen LogP contribution in [0.4, 0.5) is 17.6 Å². The van der Waals surface area contributed by atoms with E-state index in [0.29, 0.717) is 0 Å². The second-order valence-corrected chi connectivity index (χ2v) is 4.87. The molecule has 0 aliphatic rings. The molecule has 0 saturated carbocycles. The van der Waals surface area contributed by atoms with Crippen LogP contribution in [-0.2, 0) is 10.8 Å². The summed E-state index contributed by atoms with van der Waals surface area (Å²) in [7, 11) is -2.22. The van der Waals surface area contributed by atoms with Crippen LogP contribution < -0.4 is 0 Å². The Kier molecular flexibility index (Phi) is 4.08. The smallest absolute Gasteiger partial charge is 0.254 e. The molecule has 17 heavy (non-hydrogen) atoms. The van der Waals surface area contributed by atoms with Crippen LogP contribution in [0.25, 0.3) is 6.08 Å². The van der Waals surface area contributed by atoms with E-state index in [0.717, 1.165) is 12.1 Å². The molecule has 0 radical (unpaired) electrons. The molecule has 1 unspecified atom stereocenters. The summed E-state index contributed by atoms with van der Waals surface area (Å²) in [5.41, 5.74) is 0.275. The fourth-order valence-electron chi connectivity index (χ4n) is 1.30. The molecule has 0 N–H and O–H groups in total. The van der Waals surface area contributed by atoms with Crippen molar-refractivity contribution in [2.45, 2.75) is 18.0 Å². The lowest BCUT2D eigenvalue weighted by Crippen LogP contribution is -2.19. The molecule has 0 amide bonds. The lowest BCUT2D eigenvalue weighted by molar-refractivity contribution is -0.105. The van der Waals surface area contributed by atoms with E-state index < -0.39 is 28.5 Å². The van der Waals surface area contributed by atoms with Crippen molar-refractivity contribution in [3.63, 3.8) is 0 Å². The van der Waals surface area contributed by atoms with Crippen molar-refractivity contribution < 1.29 is 21.8 Å². The lowest BCUT2D eigenvalue weighted by atomic mass is 10.1. The quantitative estimate of drug-likeness (QED) is 0.766. The highest BCUT2D eigenvalue weighted by atomic mass is 32.2. The molecule has 0 aliphatic carbocycles. The zero-order valence-corrected chi connectivity index (χ0v) is 9.79. The Morgan fingerprint density at radius 1 is 1.41 bits per heavy atom. The number of hydrogen-bond acceptors (Lipinski definition) is 1. The molecule has 6 heteroatoms. The van der Waals surface area contributed by atoms with Crippen molar-refractivity contribution in [3.8, 4) is 0 Å². The van der Waals surface area contributed by atoms with Crippen LogP contribution in [0, 0.1) is 12.7 Å². The molecule has 0 bridgehead atoms. The molecule has 0 aromatic heterocycles. The first-order valence-electron chi connectivity index (χ1n) is 4.62. The van der Waals surface area contributed by atoms with Gasteiger partial charge in [-0.2, -0.15) is 13.2 Å². The summed E-state index contributed by atoms with van der Waals surface area (Å²) in [6, 6.07) is 2.19. The number of rotatable bonds is 3. The molecule has 0 aliphatic heterocycles. The normalized spacial score (nSPS) is 13.5. The predicted molar refractivity (Wildman–Crippen MR) is 58.6 cm³/mol. The van der Waals surface area contributed by atoms with Gasteiger partial charge in [-0.1, -0.05) is 12.7 Å². The van der Waals surface area contributed by atoms with Gasteiger partial charge in [0, 0.05) is 10.5 Å². The van der Waals surface area contributed by atoms with Crippen LogP contribution in [0.2, 0.25) is 0 Å². The summed E-state index contributed by atoms with van der Waals surface area (Å²) in [5, 5.41) is 0. The monoisotopic (exact) mass is 266 g/mol. The molecular formula is C11H10F4OS. The first-order valence-corrected chi connectivity index (χ1v) is 5.94. The third-order valence-corrected chi connectivity index (χ3v) is 3.57. The van der Waals surface area contributed by atoms with Crippen LogP contribution >= 0.6 is 0 Å². The third-order valence-electron chi connectivity index (χ3n) is 2.05. The maximum atomic E-state index is 13.2. The zero-order valence-electron chi connectivity index (χ0n) is 8.97. The fraction of sp³-hybridized carbons (Fsp3) is 0.273. The van der Waals surface area contributed by atoms with Crippen molar-refractivity contribution >= 4 is 16.9 Å². The molecule has 1 nitrogen and oxygen atoms in total. The first kappa shape index (κ1) is 13.9. The Labute approximate surface area is 98.6 Å². The van der Waals surface area contributed by atoms with Crippen LogP contribution in [0.1, 0.15) is 11.1 Å². The predicted octanol–water partition coefficient (Wildman–Crippen LogP) is 3.45. The topological polar surface area (TPSA) is 17.1 Å². The summed E-state index contributed by atoms with van der Waals surface area (Å²) in [4.78, 5) is -0.0152. The zero-order chi connectivity index (χ0) is 13.2. The van der Waals surface area contributed by atoms with Gasteiger partial charge in [0.2, 0.25) is 0 Å². The van der Waals surface area contributed by atoms with E-state index in [1.807, 2.05) is 0 Å². The molecule has 1 rings (SSSR count). The maximum Gasteiger partial charge on any atom is 0.400 e. The van der Waals surface area contributed by atoms with E-state index in [9.17, 15) is 21.8 Å². The third kappa shape index (κ3) is 3.66. The van der Waals surface area contributed by atoms with Gasteiger partial charge in [-0.15, -0.1) is 0 Å². The number of halogens is 4. The first-order chi connectivity index (χ1) is 7.74. The van der Waals surface area contributed by atoms with Crippen molar-refractivity contribution in [2.24, 2.45) is 0 Å². The second-order valence-electron chi connectivity index (χ2n) is 3.45. The summed E-state index contributed by atoms with van der Waals surface area (Å²) in [6.45, 7) is 4.75. The summed E-state index contributed by atoms with van der Waals surface area (Å²) < 4.78 is 61.0. The molecule has 0 saturated heterocycles. The second kappa shape index (κ2) is 5.00. The molecule has 1 atom stereocenters. The van der Waals surface area contributed by atoms with Gasteiger partial charge in [-0.05, 0) is 24.6 Å². The Hall–Kier alpha value is -1.17. The van der Waals surface area contributed by atoms with E-state index in [2.05, 4.69) is 6.58 Å².